The van der Waals surface area contributed by atoms with Crippen LogP contribution in [0, 0.1) is 12.7 Å². The van der Waals surface area contributed by atoms with Gasteiger partial charge >= 0.3 is 0 Å². The average molecular weight is 477 g/mol. The van der Waals surface area contributed by atoms with E-state index < -0.39 is 17.0 Å². The fraction of sp³-hybridized carbons (Fsp3) is 0.120. The zero-order valence-corrected chi connectivity index (χ0v) is 19.0. The summed E-state index contributed by atoms with van der Waals surface area (Å²) in [5.41, 5.74) is 1.87. The van der Waals surface area contributed by atoms with Crippen molar-refractivity contribution in [2.45, 2.75) is 13.3 Å². The topological polar surface area (TPSA) is 89.9 Å². The predicted molar refractivity (Wildman–Crippen MR) is 127 cm³/mol. The highest BCUT2D eigenvalue weighted by Gasteiger charge is 2.20. The predicted octanol–water partition coefficient (Wildman–Crippen LogP) is 5.13. The van der Waals surface area contributed by atoms with Crippen LogP contribution >= 0.6 is 11.6 Å². The van der Waals surface area contributed by atoms with E-state index in [-0.39, 0.29) is 23.6 Å². The Morgan fingerprint density at radius 2 is 1.97 bits per heavy atom. The number of nitrogens with zero attached hydrogens (tertiary/aromatic N) is 3. The Bertz CT molecular complexity index is 1660. The Labute approximate surface area is 197 Å². The monoisotopic (exact) mass is 476 g/mol. The summed E-state index contributed by atoms with van der Waals surface area (Å²) in [6, 6.07) is 11.0. The van der Waals surface area contributed by atoms with Gasteiger partial charge in [-0.1, -0.05) is 17.7 Å². The number of pyridine rings is 1. The van der Waals surface area contributed by atoms with Crippen LogP contribution in [0.25, 0.3) is 21.9 Å². The van der Waals surface area contributed by atoms with Crippen molar-refractivity contribution in [3.63, 3.8) is 0 Å². The lowest BCUT2D eigenvalue weighted by atomic mass is 9.99. The second-order valence-electron chi connectivity index (χ2n) is 7.90. The lowest BCUT2D eigenvalue weighted by Gasteiger charge is -2.14. The summed E-state index contributed by atoms with van der Waals surface area (Å²) in [6.07, 6.45) is 2.86. The molecule has 2 aromatic carbocycles. The molecule has 7 nitrogen and oxygen atoms in total. The quantitative estimate of drug-likeness (QED) is 0.355. The molecule has 5 aromatic rings. The molecule has 0 saturated carbocycles. The Morgan fingerprint density at radius 1 is 1.15 bits per heavy atom. The first-order chi connectivity index (χ1) is 16.3. The van der Waals surface area contributed by atoms with Gasteiger partial charge in [0.15, 0.2) is 17.3 Å². The van der Waals surface area contributed by atoms with Crippen LogP contribution in [0.5, 0.6) is 11.6 Å². The van der Waals surface area contributed by atoms with Crippen LogP contribution in [0.1, 0.15) is 21.6 Å². The first-order valence-electron chi connectivity index (χ1n) is 10.4. The zero-order valence-electron chi connectivity index (χ0n) is 18.2. The molecule has 34 heavy (non-hydrogen) atoms. The molecule has 5 rings (SSSR count). The van der Waals surface area contributed by atoms with Gasteiger partial charge < -0.3 is 14.3 Å². The number of benzene rings is 2. The van der Waals surface area contributed by atoms with Crippen LogP contribution in [0.3, 0.4) is 0 Å². The van der Waals surface area contributed by atoms with E-state index in [2.05, 4.69) is 15.0 Å². The molecule has 0 atom stereocenters. The van der Waals surface area contributed by atoms with Crippen LogP contribution in [0.15, 0.2) is 59.8 Å². The van der Waals surface area contributed by atoms with E-state index in [1.165, 1.54) is 18.5 Å². The SMILES string of the molecule is Cc1c(C(=O)Cc2ccc(Oc3ncnc4[nH]ccc34)c(F)c2)c(=O)c2cc(Cl)ccc2n1C. The first-order valence-corrected chi connectivity index (χ1v) is 10.8. The highest BCUT2D eigenvalue weighted by molar-refractivity contribution is 6.31. The molecule has 0 radical (unpaired) electrons. The summed E-state index contributed by atoms with van der Waals surface area (Å²) in [7, 11) is 1.78. The number of fused-ring (bicyclic) bond motifs is 2. The molecule has 0 fully saturated rings. The fourth-order valence-corrected chi connectivity index (χ4v) is 4.18. The fourth-order valence-electron chi connectivity index (χ4n) is 4.00. The number of ketones is 1. The molecule has 3 heterocycles. The molecule has 1 N–H and O–H groups in total. The largest absolute Gasteiger partial charge is 0.435 e. The number of halogens is 2. The van der Waals surface area contributed by atoms with E-state index in [4.69, 9.17) is 16.3 Å². The number of Topliss-reactive ketones (excluding diaryl/α,β-unsaturated/α-hetero) is 1. The third-order valence-electron chi connectivity index (χ3n) is 5.82. The lowest BCUT2D eigenvalue weighted by molar-refractivity contribution is 0.0990. The average Bonchev–Trinajstić information content (AvgIpc) is 3.29. The zero-order chi connectivity index (χ0) is 24.0. The lowest BCUT2D eigenvalue weighted by Crippen LogP contribution is -2.23. The molecule has 0 aliphatic carbocycles. The number of rotatable bonds is 5. The van der Waals surface area contributed by atoms with Gasteiger partial charge in [0, 0.05) is 35.8 Å². The summed E-state index contributed by atoms with van der Waals surface area (Å²) in [5, 5.41) is 1.38. The Hall–Kier alpha value is -4.04. The number of aromatic amines is 1. The number of carbonyl (C=O) groups is 1. The smallest absolute Gasteiger partial charge is 0.231 e. The van der Waals surface area contributed by atoms with Gasteiger partial charge in [0.1, 0.15) is 12.0 Å². The van der Waals surface area contributed by atoms with Gasteiger partial charge in [-0.2, -0.15) is 0 Å². The maximum atomic E-state index is 14.8. The number of aromatic nitrogens is 4. The van der Waals surface area contributed by atoms with Crippen molar-refractivity contribution in [1.29, 1.82) is 0 Å². The highest BCUT2D eigenvalue weighted by Crippen LogP contribution is 2.29. The van der Waals surface area contributed by atoms with E-state index in [0.29, 0.717) is 38.2 Å². The summed E-state index contributed by atoms with van der Waals surface area (Å²) in [6.45, 7) is 1.71. The van der Waals surface area contributed by atoms with Gasteiger partial charge in [-0.25, -0.2) is 14.4 Å². The van der Waals surface area contributed by atoms with Crippen LogP contribution in [-0.2, 0) is 13.5 Å². The van der Waals surface area contributed by atoms with Gasteiger partial charge in [0.05, 0.1) is 16.5 Å². The Kier molecular flexibility index (Phi) is 5.37. The van der Waals surface area contributed by atoms with Crippen molar-refractivity contribution < 1.29 is 13.9 Å². The molecule has 0 aliphatic rings. The summed E-state index contributed by atoms with van der Waals surface area (Å²) >= 11 is 6.06. The molecule has 0 saturated heterocycles. The minimum absolute atomic E-state index is 0.0372. The van der Waals surface area contributed by atoms with Crippen molar-refractivity contribution in [1.82, 2.24) is 19.5 Å². The van der Waals surface area contributed by atoms with Crippen molar-refractivity contribution >= 4 is 39.3 Å². The van der Waals surface area contributed by atoms with Gasteiger partial charge in [-0.05, 0) is 48.9 Å². The van der Waals surface area contributed by atoms with Gasteiger partial charge in [0.25, 0.3) is 0 Å². The summed E-state index contributed by atoms with van der Waals surface area (Å²) in [5.74, 6) is -0.881. The molecule has 9 heteroatoms. The molecule has 0 spiro atoms. The number of H-pyrrole nitrogens is 1. The Morgan fingerprint density at radius 3 is 2.76 bits per heavy atom. The minimum Gasteiger partial charge on any atom is -0.435 e. The van der Waals surface area contributed by atoms with Crippen molar-refractivity contribution in [2.24, 2.45) is 7.05 Å². The van der Waals surface area contributed by atoms with Crippen molar-refractivity contribution in [2.75, 3.05) is 0 Å². The summed E-state index contributed by atoms with van der Waals surface area (Å²) < 4.78 is 22.2. The first kappa shape index (κ1) is 21.8. The third-order valence-corrected chi connectivity index (χ3v) is 6.06. The van der Waals surface area contributed by atoms with Gasteiger partial charge in [-0.15, -0.1) is 0 Å². The van der Waals surface area contributed by atoms with Crippen molar-refractivity contribution in [3.05, 3.63) is 92.9 Å². The number of aryl methyl sites for hydroxylation is 1. The van der Waals surface area contributed by atoms with Crippen LogP contribution in [0.4, 0.5) is 4.39 Å². The molecule has 170 valence electrons. The molecule has 0 bridgehead atoms. The molecule has 0 amide bonds. The van der Waals surface area contributed by atoms with Crippen molar-refractivity contribution in [3.8, 4) is 11.6 Å². The minimum atomic E-state index is -0.650. The number of hydrogen-bond donors (Lipinski definition) is 1. The van der Waals surface area contributed by atoms with E-state index >= 15 is 0 Å². The molecule has 0 unspecified atom stereocenters. The highest BCUT2D eigenvalue weighted by atomic mass is 35.5. The van der Waals surface area contributed by atoms with Crippen LogP contribution in [-0.4, -0.2) is 25.3 Å². The number of carbonyl (C=O) groups excluding carboxylic acids is 1. The van der Waals surface area contributed by atoms with Crippen LogP contribution < -0.4 is 10.2 Å². The standard InChI is InChI=1S/C25H18ClFN4O3/c1-13-22(23(33)17-11-15(26)4-5-19(17)31(13)2)20(32)10-14-3-6-21(18(27)9-14)34-25-16-7-8-28-24(16)29-12-30-25/h3-9,11-12H,10H2,1-2H3,(H,28,29,30). The molecular formula is C25H18ClFN4O3. The number of ether oxygens (including phenoxy) is 1. The van der Waals surface area contributed by atoms with E-state index in [1.807, 2.05) is 0 Å². The number of nitrogens with one attached hydrogen (secondary N) is 1. The number of hydrogen-bond acceptors (Lipinski definition) is 5. The van der Waals surface area contributed by atoms with E-state index in [1.54, 1.807) is 55.1 Å². The molecule has 3 aromatic heterocycles. The molecule has 0 aliphatic heterocycles. The van der Waals surface area contributed by atoms with Crippen LogP contribution in [0.2, 0.25) is 5.02 Å². The summed E-state index contributed by atoms with van der Waals surface area (Å²) in [4.78, 5) is 37.3. The van der Waals surface area contributed by atoms with Gasteiger partial charge in [0.2, 0.25) is 11.3 Å². The normalized spacial score (nSPS) is 11.3. The van der Waals surface area contributed by atoms with E-state index in [9.17, 15) is 14.0 Å². The molecular weight excluding hydrogens is 459 g/mol. The van der Waals surface area contributed by atoms with E-state index in [0.717, 1.165) is 0 Å². The van der Waals surface area contributed by atoms with Gasteiger partial charge in [-0.3, -0.25) is 9.59 Å². The Balaban J connectivity index is 1.45. The maximum Gasteiger partial charge on any atom is 0.231 e. The second kappa shape index (κ2) is 8.39. The second-order valence-corrected chi connectivity index (χ2v) is 8.33. The third kappa shape index (κ3) is 3.72. The maximum absolute atomic E-state index is 14.8.